The highest BCUT2D eigenvalue weighted by Crippen LogP contribution is 2.35. The first-order chi connectivity index (χ1) is 6.18. The van der Waals surface area contributed by atoms with Crippen molar-refractivity contribution in [3.05, 3.63) is 17.5 Å². The molecular formula is C10H17N3. The molecule has 2 rings (SSSR count). The maximum absolute atomic E-state index is 6.15. The lowest BCUT2D eigenvalue weighted by molar-refractivity contribution is 0.257. The fourth-order valence-electron chi connectivity index (χ4n) is 1.98. The van der Waals surface area contributed by atoms with E-state index < -0.39 is 0 Å². The van der Waals surface area contributed by atoms with Crippen LogP contribution in [0.3, 0.4) is 0 Å². The summed E-state index contributed by atoms with van der Waals surface area (Å²) in [5.74, 6) is 0.690. The third-order valence-electron chi connectivity index (χ3n) is 3.04. The van der Waals surface area contributed by atoms with E-state index in [0.717, 1.165) is 5.69 Å². The molecule has 0 bridgehead atoms. The summed E-state index contributed by atoms with van der Waals surface area (Å²) in [5.41, 5.74) is 8.40. The predicted octanol–water partition coefficient (Wildman–Crippen LogP) is 1.53. The van der Waals surface area contributed by atoms with E-state index in [-0.39, 0.29) is 6.04 Å². The number of hydrogen-bond donors (Lipinski definition) is 1. The summed E-state index contributed by atoms with van der Waals surface area (Å²) in [6.07, 6.45) is 3.91. The Balaban J connectivity index is 2.18. The van der Waals surface area contributed by atoms with Crippen LogP contribution in [0.15, 0.2) is 6.07 Å². The van der Waals surface area contributed by atoms with Gasteiger partial charge in [0.1, 0.15) is 0 Å². The Morgan fingerprint density at radius 3 is 2.69 bits per heavy atom. The van der Waals surface area contributed by atoms with Gasteiger partial charge in [0.25, 0.3) is 0 Å². The molecular weight excluding hydrogens is 162 g/mol. The van der Waals surface area contributed by atoms with Gasteiger partial charge in [-0.05, 0) is 31.7 Å². The van der Waals surface area contributed by atoms with Gasteiger partial charge in [-0.1, -0.05) is 6.42 Å². The largest absolute Gasteiger partial charge is 0.322 e. The third kappa shape index (κ3) is 1.48. The molecule has 0 saturated heterocycles. The van der Waals surface area contributed by atoms with Crippen molar-refractivity contribution in [1.29, 1.82) is 0 Å². The molecule has 1 aliphatic rings. The standard InChI is InChI=1S/C10H17N3/c1-7-6-9(13(2)12-7)10(11)8-4-3-5-8/h6,8,10H,3-5,11H2,1-2H3. The predicted molar refractivity (Wildman–Crippen MR) is 52.2 cm³/mol. The van der Waals surface area contributed by atoms with Gasteiger partial charge in [-0.3, -0.25) is 4.68 Å². The average molecular weight is 179 g/mol. The number of nitrogens with two attached hydrogens (primary N) is 1. The summed E-state index contributed by atoms with van der Waals surface area (Å²) < 4.78 is 1.92. The molecule has 0 aliphatic heterocycles. The highest BCUT2D eigenvalue weighted by molar-refractivity contribution is 5.14. The molecule has 1 unspecified atom stereocenters. The zero-order valence-electron chi connectivity index (χ0n) is 8.33. The quantitative estimate of drug-likeness (QED) is 0.748. The molecule has 0 radical (unpaired) electrons. The van der Waals surface area contributed by atoms with Gasteiger partial charge in [0.2, 0.25) is 0 Å². The molecule has 0 aromatic carbocycles. The number of aryl methyl sites for hydroxylation is 2. The smallest absolute Gasteiger partial charge is 0.0597 e. The van der Waals surface area contributed by atoms with Crippen LogP contribution in [-0.2, 0) is 7.05 Å². The second kappa shape index (κ2) is 3.14. The monoisotopic (exact) mass is 179 g/mol. The van der Waals surface area contributed by atoms with Gasteiger partial charge >= 0.3 is 0 Å². The van der Waals surface area contributed by atoms with Gasteiger partial charge in [0, 0.05) is 13.1 Å². The Morgan fingerprint density at radius 2 is 2.31 bits per heavy atom. The lowest BCUT2D eigenvalue weighted by Crippen LogP contribution is -2.28. The molecule has 3 nitrogen and oxygen atoms in total. The van der Waals surface area contributed by atoms with Gasteiger partial charge < -0.3 is 5.73 Å². The lowest BCUT2D eigenvalue weighted by atomic mass is 9.79. The van der Waals surface area contributed by atoms with Crippen LogP contribution in [-0.4, -0.2) is 9.78 Å². The van der Waals surface area contributed by atoms with Crippen LogP contribution in [0.4, 0.5) is 0 Å². The molecule has 1 aromatic heterocycles. The third-order valence-corrected chi connectivity index (χ3v) is 3.04. The van der Waals surface area contributed by atoms with Crippen molar-refractivity contribution in [3.8, 4) is 0 Å². The van der Waals surface area contributed by atoms with E-state index >= 15 is 0 Å². The van der Waals surface area contributed by atoms with Crippen molar-refractivity contribution in [3.63, 3.8) is 0 Å². The molecule has 72 valence electrons. The van der Waals surface area contributed by atoms with Crippen LogP contribution < -0.4 is 5.73 Å². The molecule has 2 N–H and O–H groups in total. The molecule has 13 heavy (non-hydrogen) atoms. The maximum Gasteiger partial charge on any atom is 0.0597 e. The van der Waals surface area contributed by atoms with Gasteiger partial charge in [-0.2, -0.15) is 5.10 Å². The zero-order chi connectivity index (χ0) is 9.42. The topological polar surface area (TPSA) is 43.8 Å². The van der Waals surface area contributed by atoms with Crippen LogP contribution in [0.25, 0.3) is 0 Å². The van der Waals surface area contributed by atoms with Gasteiger partial charge in [0.15, 0.2) is 0 Å². The fraction of sp³-hybridized carbons (Fsp3) is 0.700. The minimum absolute atomic E-state index is 0.194. The van der Waals surface area contributed by atoms with E-state index in [2.05, 4.69) is 11.2 Å². The van der Waals surface area contributed by atoms with Crippen LogP contribution in [0.5, 0.6) is 0 Å². The van der Waals surface area contributed by atoms with Crippen molar-refractivity contribution >= 4 is 0 Å². The second-order valence-corrected chi connectivity index (χ2v) is 4.05. The van der Waals surface area contributed by atoms with E-state index in [1.54, 1.807) is 0 Å². The van der Waals surface area contributed by atoms with Crippen molar-refractivity contribution in [1.82, 2.24) is 9.78 Å². The molecule has 1 fully saturated rings. The molecule has 1 atom stereocenters. The minimum Gasteiger partial charge on any atom is -0.322 e. The van der Waals surface area contributed by atoms with Crippen molar-refractivity contribution in [2.45, 2.75) is 32.2 Å². The number of aromatic nitrogens is 2. The van der Waals surface area contributed by atoms with E-state index in [1.807, 2.05) is 18.7 Å². The van der Waals surface area contributed by atoms with Crippen molar-refractivity contribution in [2.75, 3.05) is 0 Å². The van der Waals surface area contributed by atoms with E-state index in [0.29, 0.717) is 5.92 Å². The van der Waals surface area contributed by atoms with Crippen LogP contribution >= 0.6 is 0 Å². The molecule has 3 heteroatoms. The fourth-order valence-corrected chi connectivity index (χ4v) is 1.98. The van der Waals surface area contributed by atoms with Crippen molar-refractivity contribution < 1.29 is 0 Å². The molecule has 1 saturated carbocycles. The second-order valence-electron chi connectivity index (χ2n) is 4.05. The Morgan fingerprint density at radius 1 is 1.62 bits per heavy atom. The summed E-state index contributed by atoms with van der Waals surface area (Å²) in [6.45, 7) is 2.01. The van der Waals surface area contributed by atoms with E-state index in [4.69, 9.17) is 5.73 Å². The Bertz CT molecular complexity index is 299. The summed E-state index contributed by atoms with van der Waals surface area (Å²) in [6, 6.07) is 2.29. The highest BCUT2D eigenvalue weighted by atomic mass is 15.3. The first-order valence-corrected chi connectivity index (χ1v) is 4.94. The Hall–Kier alpha value is -0.830. The first kappa shape index (κ1) is 8.75. The molecule has 0 spiro atoms. The molecule has 1 aromatic rings. The van der Waals surface area contributed by atoms with Gasteiger partial charge in [-0.15, -0.1) is 0 Å². The number of rotatable bonds is 2. The molecule has 0 amide bonds. The summed E-state index contributed by atoms with van der Waals surface area (Å²) >= 11 is 0. The number of nitrogens with zero attached hydrogens (tertiary/aromatic N) is 2. The minimum atomic E-state index is 0.194. The highest BCUT2D eigenvalue weighted by Gasteiger charge is 2.27. The van der Waals surface area contributed by atoms with Crippen molar-refractivity contribution in [2.24, 2.45) is 18.7 Å². The van der Waals surface area contributed by atoms with E-state index in [1.165, 1.54) is 25.0 Å². The maximum atomic E-state index is 6.15. The van der Waals surface area contributed by atoms with Gasteiger partial charge in [0.05, 0.1) is 11.4 Å². The van der Waals surface area contributed by atoms with Crippen LogP contribution in [0.2, 0.25) is 0 Å². The SMILES string of the molecule is Cc1cc(C(N)C2CCC2)n(C)n1. The molecule has 1 heterocycles. The molecule has 1 aliphatic carbocycles. The summed E-state index contributed by atoms with van der Waals surface area (Å²) in [5, 5.41) is 4.31. The van der Waals surface area contributed by atoms with E-state index in [9.17, 15) is 0 Å². The average Bonchev–Trinajstić information content (AvgIpc) is 2.26. The van der Waals surface area contributed by atoms with Gasteiger partial charge in [-0.25, -0.2) is 0 Å². The summed E-state index contributed by atoms with van der Waals surface area (Å²) in [7, 11) is 1.97. The zero-order valence-corrected chi connectivity index (χ0v) is 8.33. The summed E-state index contributed by atoms with van der Waals surface area (Å²) in [4.78, 5) is 0. The Kier molecular flexibility index (Phi) is 2.12. The Labute approximate surface area is 78.9 Å². The number of hydrogen-bond acceptors (Lipinski definition) is 2. The first-order valence-electron chi connectivity index (χ1n) is 4.94. The lowest BCUT2D eigenvalue weighted by Gasteiger charge is -2.31. The van der Waals surface area contributed by atoms with Crippen LogP contribution in [0, 0.1) is 12.8 Å². The normalized spacial score (nSPS) is 19.9. The van der Waals surface area contributed by atoms with Crippen LogP contribution in [0.1, 0.15) is 36.7 Å².